The Labute approximate surface area is 109 Å². The minimum absolute atomic E-state index is 0.341. The summed E-state index contributed by atoms with van der Waals surface area (Å²) in [7, 11) is 0. The fraction of sp³-hybridized carbons (Fsp3) is 0.400. The van der Waals surface area contributed by atoms with E-state index in [1.165, 1.54) is 0 Å². The van der Waals surface area contributed by atoms with Crippen LogP contribution in [-0.2, 0) is 6.54 Å². The van der Waals surface area contributed by atoms with Crippen LogP contribution < -0.4 is 5.32 Å². The van der Waals surface area contributed by atoms with Crippen molar-refractivity contribution in [1.29, 1.82) is 0 Å². The molecule has 0 heterocycles. The molecule has 1 atom stereocenters. The minimum Gasteiger partial charge on any atom is -0.478 e. The lowest BCUT2D eigenvalue weighted by molar-refractivity contribution is 0.0696. The zero-order valence-corrected chi connectivity index (χ0v) is 10.9. The van der Waals surface area contributed by atoms with Crippen LogP contribution in [0.15, 0.2) is 36.9 Å². The van der Waals surface area contributed by atoms with Crippen LogP contribution in [0.25, 0.3) is 0 Å². The maximum Gasteiger partial charge on any atom is 0.335 e. The number of hydrogen-bond donors (Lipinski definition) is 2. The van der Waals surface area contributed by atoms with Crippen molar-refractivity contribution >= 4 is 5.97 Å². The second-order valence-electron chi connectivity index (χ2n) is 4.51. The summed E-state index contributed by atoms with van der Waals surface area (Å²) in [5.74, 6) is -0.879. The van der Waals surface area contributed by atoms with Crippen molar-refractivity contribution < 1.29 is 9.90 Å². The number of rotatable bonds is 8. The predicted molar refractivity (Wildman–Crippen MR) is 73.8 cm³/mol. The summed E-state index contributed by atoms with van der Waals surface area (Å²) < 4.78 is 0. The summed E-state index contributed by atoms with van der Waals surface area (Å²) in [6.07, 6.45) is 5.21. The highest BCUT2D eigenvalue weighted by Crippen LogP contribution is 2.07. The first kappa shape index (κ1) is 14.5. The number of unbranched alkanes of at least 4 members (excludes halogenated alkanes) is 1. The number of carboxylic acids is 1. The standard InChI is InChI=1S/C15H21NO2/c1-3-4-5-7-12(2)16-11-13-8-6-9-14(10-13)15(17)18/h3,6,8-10,12,16H,1,4-5,7,11H2,2H3,(H,17,18). The molecule has 0 aliphatic carbocycles. The summed E-state index contributed by atoms with van der Waals surface area (Å²) >= 11 is 0. The van der Waals surface area contributed by atoms with Crippen LogP contribution in [0.2, 0.25) is 0 Å². The van der Waals surface area contributed by atoms with Crippen molar-refractivity contribution in [2.45, 2.75) is 38.8 Å². The zero-order valence-electron chi connectivity index (χ0n) is 10.9. The van der Waals surface area contributed by atoms with Gasteiger partial charge in [-0.15, -0.1) is 6.58 Å². The molecule has 1 aromatic rings. The number of benzene rings is 1. The maximum absolute atomic E-state index is 10.8. The van der Waals surface area contributed by atoms with E-state index >= 15 is 0 Å². The lowest BCUT2D eigenvalue weighted by atomic mass is 10.1. The molecule has 3 nitrogen and oxygen atoms in total. The lowest BCUT2D eigenvalue weighted by Gasteiger charge is -2.13. The molecule has 3 heteroatoms. The van der Waals surface area contributed by atoms with Crippen molar-refractivity contribution in [3.63, 3.8) is 0 Å². The van der Waals surface area contributed by atoms with Crippen molar-refractivity contribution in [3.05, 3.63) is 48.0 Å². The van der Waals surface area contributed by atoms with Gasteiger partial charge in [0.15, 0.2) is 0 Å². The number of carbonyl (C=O) groups is 1. The third-order valence-electron chi connectivity index (χ3n) is 2.87. The molecule has 0 amide bonds. The molecule has 0 saturated heterocycles. The number of nitrogens with one attached hydrogen (secondary N) is 1. The van der Waals surface area contributed by atoms with Crippen molar-refractivity contribution in [2.24, 2.45) is 0 Å². The zero-order chi connectivity index (χ0) is 13.4. The fourth-order valence-corrected chi connectivity index (χ4v) is 1.78. The van der Waals surface area contributed by atoms with E-state index in [1.807, 2.05) is 12.1 Å². The van der Waals surface area contributed by atoms with Gasteiger partial charge in [0.1, 0.15) is 0 Å². The topological polar surface area (TPSA) is 49.3 Å². The molecule has 2 N–H and O–H groups in total. The first-order valence-corrected chi connectivity index (χ1v) is 6.30. The largest absolute Gasteiger partial charge is 0.478 e. The highest BCUT2D eigenvalue weighted by molar-refractivity contribution is 5.87. The van der Waals surface area contributed by atoms with Gasteiger partial charge in [-0.2, -0.15) is 0 Å². The molecule has 1 aromatic carbocycles. The van der Waals surface area contributed by atoms with Crippen LogP contribution in [0.5, 0.6) is 0 Å². The van der Waals surface area contributed by atoms with Gasteiger partial charge in [0.25, 0.3) is 0 Å². The Morgan fingerprint density at radius 2 is 2.33 bits per heavy atom. The minimum atomic E-state index is -0.879. The van der Waals surface area contributed by atoms with Crippen LogP contribution in [0.3, 0.4) is 0 Å². The third kappa shape index (κ3) is 5.15. The van der Waals surface area contributed by atoms with Crippen LogP contribution in [0, 0.1) is 0 Å². The number of allylic oxidation sites excluding steroid dienone is 1. The molecule has 0 aliphatic heterocycles. The molecule has 0 fully saturated rings. The lowest BCUT2D eigenvalue weighted by Crippen LogP contribution is -2.25. The van der Waals surface area contributed by atoms with E-state index in [-0.39, 0.29) is 0 Å². The number of carboxylic acid groups (broad SMARTS) is 1. The van der Waals surface area contributed by atoms with E-state index in [4.69, 9.17) is 5.11 Å². The van der Waals surface area contributed by atoms with Crippen molar-refractivity contribution in [1.82, 2.24) is 5.32 Å². The summed E-state index contributed by atoms with van der Waals surface area (Å²) in [5, 5.41) is 12.3. The molecule has 98 valence electrons. The smallest absolute Gasteiger partial charge is 0.335 e. The molecule has 1 unspecified atom stereocenters. The van der Waals surface area contributed by atoms with Crippen molar-refractivity contribution in [3.8, 4) is 0 Å². The van der Waals surface area contributed by atoms with Gasteiger partial charge in [-0.1, -0.05) is 18.2 Å². The van der Waals surface area contributed by atoms with E-state index in [0.717, 1.165) is 24.8 Å². The van der Waals surface area contributed by atoms with Crippen LogP contribution in [0.1, 0.15) is 42.1 Å². The molecule has 0 aromatic heterocycles. The maximum atomic E-state index is 10.8. The van der Waals surface area contributed by atoms with Gasteiger partial charge < -0.3 is 10.4 Å². The number of hydrogen-bond acceptors (Lipinski definition) is 2. The van der Waals surface area contributed by atoms with Gasteiger partial charge in [0.05, 0.1) is 5.56 Å². The van der Waals surface area contributed by atoms with Gasteiger partial charge in [-0.05, 0) is 43.9 Å². The summed E-state index contributed by atoms with van der Waals surface area (Å²) in [6, 6.07) is 7.47. The van der Waals surface area contributed by atoms with Gasteiger partial charge in [0, 0.05) is 12.6 Å². The Morgan fingerprint density at radius 1 is 1.56 bits per heavy atom. The van der Waals surface area contributed by atoms with Crippen LogP contribution in [-0.4, -0.2) is 17.1 Å². The Bertz CT molecular complexity index is 401. The first-order chi connectivity index (χ1) is 8.63. The summed E-state index contributed by atoms with van der Waals surface area (Å²) in [6.45, 7) is 6.55. The Hall–Kier alpha value is -1.61. The quantitative estimate of drug-likeness (QED) is 0.548. The van der Waals surface area contributed by atoms with Gasteiger partial charge in [0.2, 0.25) is 0 Å². The fourth-order valence-electron chi connectivity index (χ4n) is 1.78. The molecule has 0 bridgehead atoms. The van der Waals surface area contributed by atoms with E-state index in [0.29, 0.717) is 18.2 Å². The van der Waals surface area contributed by atoms with Crippen LogP contribution >= 0.6 is 0 Å². The van der Waals surface area contributed by atoms with Gasteiger partial charge in [-0.3, -0.25) is 0 Å². The van der Waals surface area contributed by atoms with E-state index < -0.39 is 5.97 Å². The summed E-state index contributed by atoms with van der Waals surface area (Å²) in [4.78, 5) is 10.8. The monoisotopic (exact) mass is 247 g/mol. The average molecular weight is 247 g/mol. The average Bonchev–Trinajstić information content (AvgIpc) is 2.37. The van der Waals surface area contributed by atoms with Gasteiger partial charge >= 0.3 is 5.97 Å². The molecular formula is C15H21NO2. The SMILES string of the molecule is C=CCCCC(C)NCc1cccc(C(=O)O)c1. The first-order valence-electron chi connectivity index (χ1n) is 6.30. The van der Waals surface area contributed by atoms with E-state index in [2.05, 4.69) is 18.8 Å². The normalized spacial score (nSPS) is 12.1. The van der Waals surface area contributed by atoms with Crippen molar-refractivity contribution in [2.75, 3.05) is 0 Å². The van der Waals surface area contributed by atoms with E-state index in [9.17, 15) is 4.79 Å². The third-order valence-corrected chi connectivity index (χ3v) is 2.87. The molecular weight excluding hydrogens is 226 g/mol. The second kappa shape index (κ2) is 7.67. The predicted octanol–water partition coefficient (Wildman–Crippen LogP) is 3.22. The molecule has 18 heavy (non-hydrogen) atoms. The van der Waals surface area contributed by atoms with Crippen LogP contribution in [0.4, 0.5) is 0 Å². The Balaban J connectivity index is 2.40. The highest BCUT2D eigenvalue weighted by atomic mass is 16.4. The molecule has 0 saturated carbocycles. The summed E-state index contributed by atoms with van der Waals surface area (Å²) in [5.41, 5.74) is 1.35. The molecule has 0 spiro atoms. The van der Waals surface area contributed by atoms with Gasteiger partial charge in [-0.25, -0.2) is 4.79 Å². The molecule has 1 rings (SSSR count). The molecule has 0 aliphatic rings. The second-order valence-corrected chi connectivity index (χ2v) is 4.51. The Morgan fingerprint density at radius 3 is 3.00 bits per heavy atom. The molecule has 0 radical (unpaired) electrons. The highest BCUT2D eigenvalue weighted by Gasteiger charge is 2.04. The Kier molecular flexibility index (Phi) is 6.15. The van der Waals surface area contributed by atoms with E-state index in [1.54, 1.807) is 18.2 Å². The number of aromatic carboxylic acids is 1.